The van der Waals surface area contributed by atoms with Gasteiger partial charge in [0.2, 0.25) is 5.65 Å². The SMILES string of the molecule is Cc1nnc2c(NC(C)CC(C)O)nccn12. The zero-order valence-corrected chi connectivity index (χ0v) is 10.3. The second-order valence-corrected chi connectivity index (χ2v) is 4.35. The number of hydrogen-bond acceptors (Lipinski definition) is 5. The van der Waals surface area contributed by atoms with Gasteiger partial charge in [0.25, 0.3) is 0 Å². The predicted octanol–water partition coefficient (Wildman–Crippen LogP) is 1.00. The molecular weight excluding hydrogens is 218 g/mol. The van der Waals surface area contributed by atoms with E-state index in [2.05, 4.69) is 20.5 Å². The number of anilines is 1. The molecule has 0 radical (unpaired) electrons. The number of aryl methyl sites for hydroxylation is 1. The second-order valence-electron chi connectivity index (χ2n) is 4.35. The molecule has 0 saturated heterocycles. The molecule has 0 amide bonds. The Labute approximate surface area is 99.7 Å². The van der Waals surface area contributed by atoms with Gasteiger partial charge in [0.15, 0.2) is 5.82 Å². The normalized spacial score (nSPS) is 14.8. The van der Waals surface area contributed by atoms with Crippen molar-refractivity contribution in [1.29, 1.82) is 0 Å². The smallest absolute Gasteiger partial charge is 0.203 e. The van der Waals surface area contributed by atoms with Crippen molar-refractivity contribution in [1.82, 2.24) is 19.6 Å². The zero-order valence-electron chi connectivity index (χ0n) is 10.3. The lowest BCUT2D eigenvalue weighted by molar-refractivity contribution is 0.179. The summed E-state index contributed by atoms with van der Waals surface area (Å²) in [5, 5.41) is 20.6. The molecule has 0 aliphatic carbocycles. The molecule has 6 nitrogen and oxygen atoms in total. The minimum absolute atomic E-state index is 0.130. The molecule has 2 unspecified atom stereocenters. The molecule has 0 saturated carbocycles. The number of hydrogen-bond donors (Lipinski definition) is 2. The van der Waals surface area contributed by atoms with Crippen LogP contribution in [0.2, 0.25) is 0 Å². The Morgan fingerprint density at radius 1 is 1.41 bits per heavy atom. The Hall–Kier alpha value is -1.69. The van der Waals surface area contributed by atoms with Crippen molar-refractivity contribution in [2.45, 2.75) is 39.3 Å². The molecule has 0 aliphatic rings. The highest BCUT2D eigenvalue weighted by atomic mass is 16.3. The Morgan fingerprint density at radius 2 is 2.18 bits per heavy atom. The van der Waals surface area contributed by atoms with Crippen LogP contribution in [0.5, 0.6) is 0 Å². The van der Waals surface area contributed by atoms with Gasteiger partial charge in [-0.3, -0.25) is 4.40 Å². The average Bonchev–Trinajstić information content (AvgIpc) is 2.61. The lowest BCUT2D eigenvalue weighted by Crippen LogP contribution is -2.21. The van der Waals surface area contributed by atoms with E-state index in [1.165, 1.54) is 0 Å². The van der Waals surface area contributed by atoms with Crippen LogP contribution in [0.3, 0.4) is 0 Å². The fourth-order valence-electron chi connectivity index (χ4n) is 1.85. The summed E-state index contributed by atoms with van der Waals surface area (Å²) in [6.07, 6.45) is 3.86. The molecule has 2 N–H and O–H groups in total. The summed E-state index contributed by atoms with van der Waals surface area (Å²) in [7, 11) is 0. The number of rotatable bonds is 4. The van der Waals surface area contributed by atoms with Gasteiger partial charge in [-0.05, 0) is 27.2 Å². The fraction of sp³-hybridized carbons (Fsp3) is 0.545. The highest BCUT2D eigenvalue weighted by Crippen LogP contribution is 2.14. The maximum Gasteiger partial charge on any atom is 0.203 e. The molecule has 17 heavy (non-hydrogen) atoms. The maximum atomic E-state index is 9.32. The molecule has 6 heteroatoms. The van der Waals surface area contributed by atoms with E-state index in [1.807, 2.05) is 24.4 Å². The lowest BCUT2D eigenvalue weighted by Gasteiger charge is -2.15. The van der Waals surface area contributed by atoms with Crippen molar-refractivity contribution < 1.29 is 5.11 Å². The Balaban J connectivity index is 2.24. The molecule has 0 spiro atoms. The summed E-state index contributed by atoms with van der Waals surface area (Å²) in [4.78, 5) is 4.25. The van der Waals surface area contributed by atoms with E-state index in [0.29, 0.717) is 17.9 Å². The highest BCUT2D eigenvalue weighted by Gasteiger charge is 2.11. The quantitative estimate of drug-likeness (QED) is 0.827. The van der Waals surface area contributed by atoms with Gasteiger partial charge < -0.3 is 10.4 Å². The van der Waals surface area contributed by atoms with E-state index < -0.39 is 0 Å². The summed E-state index contributed by atoms with van der Waals surface area (Å²) >= 11 is 0. The van der Waals surface area contributed by atoms with Gasteiger partial charge >= 0.3 is 0 Å². The summed E-state index contributed by atoms with van der Waals surface area (Å²) < 4.78 is 1.88. The third-order valence-electron chi connectivity index (χ3n) is 2.58. The first-order valence-electron chi connectivity index (χ1n) is 5.69. The minimum Gasteiger partial charge on any atom is -0.393 e. The van der Waals surface area contributed by atoms with Gasteiger partial charge in [-0.25, -0.2) is 4.98 Å². The molecule has 2 atom stereocenters. The van der Waals surface area contributed by atoms with E-state index in [4.69, 9.17) is 0 Å². The summed E-state index contributed by atoms with van der Waals surface area (Å²) in [5.41, 5.74) is 0.711. The van der Waals surface area contributed by atoms with E-state index in [9.17, 15) is 5.11 Å². The Morgan fingerprint density at radius 3 is 2.88 bits per heavy atom. The van der Waals surface area contributed by atoms with Crippen molar-refractivity contribution in [3.05, 3.63) is 18.2 Å². The highest BCUT2D eigenvalue weighted by molar-refractivity contribution is 5.62. The molecule has 0 aromatic carbocycles. The monoisotopic (exact) mass is 235 g/mol. The fourth-order valence-corrected chi connectivity index (χ4v) is 1.85. The van der Waals surface area contributed by atoms with Crippen molar-refractivity contribution in [2.24, 2.45) is 0 Å². The molecule has 2 heterocycles. The molecule has 2 aromatic rings. The van der Waals surface area contributed by atoms with Crippen LogP contribution >= 0.6 is 0 Å². The molecule has 2 rings (SSSR count). The van der Waals surface area contributed by atoms with Gasteiger partial charge in [0.05, 0.1) is 6.10 Å². The first-order chi connectivity index (χ1) is 8.08. The molecule has 2 aromatic heterocycles. The molecule has 0 aliphatic heterocycles. The number of aliphatic hydroxyl groups excluding tert-OH is 1. The van der Waals surface area contributed by atoms with Crippen LogP contribution in [0.1, 0.15) is 26.1 Å². The third kappa shape index (κ3) is 2.52. The van der Waals surface area contributed by atoms with Gasteiger partial charge in [-0.1, -0.05) is 0 Å². The zero-order chi connectivity index (χ0) is 12.4. The number of nitrogens with zero attached hydrogens (tertiary/aromatic N) is 4. The van der Waals surface area contributed by atoms with Crippen LogP contribution in [-0.2, 0) is 0 Å². The van der Waals surface area contributed by atoms with E-state index >= 15 is 0 Å². The van der Waals surface area contributed by atoms with Crippen LogP contribution in [0, 0.1) is 6.92 Å². The average molecular weight is 235 g/mol. The molecule has 92 valence electrons. The van der Waals surface area contributed by atoms with Crippen LogP contribution in [0.25, 0.3) is 5.65 Å². The largest absolute Gasteiger partial charge is 0.393 e. The van der Waals surface area contributed by atoms with Gasteiger partial charge in [-0.2, -0.15) is 0 Å². The Kier molecular flexibility index (Phi) is 3.23. The maximum absolute atomic E-state index is 9.32. The van der Waals surface area contributed by atoms with Crippen molar-refractivity contribution >= 4 is 11.5 Å². The van der Waals surface area contributed by atoms with Crippen LogP contribution in [-0.4, -0.2) is 36.8 Å². The lowest BCUT2D eigenvalue weighted by atomic mass is 10.1. The molecule has 0 fully saturated rings. The molecular formula is C11H17N5O. The van der Waals surface area contributed by atoms with Crippen molar-refractivity contribution in [2.75, 3.05) is 5.32 Å². The molecule has 0 bridgehead atoms. The van der Waals surface area contributed by atoms with Crippen LogP contribution in [0.15, 0.2) is 12.4 Å². The Bertz CT molecular complexity index is 508. The third-order valence-corrected chi connectivity index (χ3v) is 2.58. The van der Waals surface area contributed by atoms with Crippen LogP contribution in [0.4, 0.5) is 5.82 Å². The van der Waals surface area contributed by atoms with E-state index in [1.54, 1.807) is 13.1 Å². The van der Waals surface area contributed by atoms with Crippen molar-refractivity contribution in [3.8, 4) is 0 Å². The predicted molar refractivity (Wildman–Crippen MR) is 64.9 cm³/mol. The first kappa shape index (κ1) is 11.8. The minimum atomic E-state index is -0.336. The summed E-state index contributed by atoms with van der Waals surface area (Å²) in [5.74, 6) is 1.52. The van der Waals surface area contributed by atoms with Gasteiger partial charge in [-0.15, -0.1) is 10.2 Å². The summed E-state index contributed by atoms with van der Waals surface area (Å²) in [6.45, 7) is 5.66. The number of aromatic nitrogens is 4. The number of fused-ring (bicyclic) bond motifs is 1. The van der Waals surface area contributed by atoms with E-state index in [0.717, 1.165) is 5.82 Å². The van der Waals surface area contributed by atoms with Crippen LogP contribution < -0.4 is 5.32 Å². The number of aliphatic hydroxyl groups is 1. The van der Waals surface area contributed by atoms with Crippen molar-refractivity contribution in [3.63, 3.8) is 0 Å². The summed E-state index contributed by atoms with van der Waals surface area (Å²) in [6, 6.07) is 0.130. The van der Waals surface area contributed by atoms with Gasteiger partial charge in [0, 0.05) is 18.4 Å². The van der Waals surface area contributed by atoms with Gasteiger partial charge in [0.1, 0.15) is 5.82 Å². The standard InChI is InChI=1S/C11H17N5O/c1-7(6-8(2)17)13-10-11-15-14-9(3)16(11)5-4-12-10/h4-5,7-8,17H,6H2,1-3H3,(H,12,13). The number of nitrogens with one attached hydrogen (secondary N) is 1. The van der Waals surface area contributed by atoms with E-state index in [-0.39, 0.29) is 12.1 Å². The second kappa shape index (κ2) is 4.67. The topological polar surface area (TPSA) is 75.3 Å². The first-order valence-corrected chi connectivity index (χ1v) is 5.69.